The second-order valence-electron chi connectivity index (χ2n) is 4.42. The SMILES string of the molecule is CCC(=O)CCCCOCCCNC(C)C. The molecule has 0 bridgehead atoms. The van der Waals surface area contributed by atoms with Gasteiger partial charge < -0.3 is 10.1 Å². The van der Waals surface area contributed by atoms with E-state index in [0.29, 0.717) is 18.2 Å². The third-order valence-electron chi connectivity index (χ3n) is 2.41. The zero-order valence-corrected chi connectivity index (χ0v) is 11.1. The minimum atomic E-state index is 0.362. The van der Waals surface area contributed by atoms with E-state index in [1.165, 1.54) is 0 Å². The molecule has 96 valence electrons. The number of hydrogen-bond acceptors (Lipinski definition) is 3. The van der Waals surface area contributed by atoms with Gasteiger partial charge in [-0.3, -0.25) is 4.79 Å². The van der Waals surface area contributed by atoms with Crippen LogP contribution >= 0.6 is 0 Å². The van der Waals surface area contributed by atoms with E-state index in [-0.39, 0.29) is 0 Å². The summed E-state index contributed by atoms with van der Waals surface area (Å²) in [7, 11) is 0. The van der Waals surface area contributed by atoms with Gasteiger partial charge in [-0.1, -0.05) is 20.8 Å². The van der Waals surface area contributed by atoms with Crippen molar-refractivity contribution in [3.63, 3.8) is 0 Å². The normalized spacial score (nSPS) is 11.0. The largest absolute Gasteiger partial charge is 0.381 e. The lowest BCUT2D eigenvalue weighted by Gasteiger charge is -2.08. The van der Waals surface area contributed by atoms with E-state index >= 15 is 0 Å². The van der Waals surface area contributed by atoms with Crippen LogP contribution in [0.5, 0.6) is 0 Å². The minimum absolute atomic E-state index is 0.362. The molecule has 3 heteroatoms. The third kappa shape index (κ3) is 11.7. The number of nitrogens with one attached hydrogen (secondary N) is 1. The van der Waals surface area contributed by atoms with E-state index in [1.807, 2.05) is 6.92 Å². The van der Waals surface area contributed by atoms with Gasteiger partial charge in [0.25, 0.3) is 0 Å². The molecule has 0 spiro atoms. The average Bonchev–Trinajstić information content (AvgIpc) is 2.26. The molecule has 0 rings (SSSR count). The molecule has 0 aliphatic carbocycles. The molecule has 0 saturated carbocycles. The molecular weight excluding hydrogens is 202 g/mol. The van der Waals surface area contributed by atoms with Gasteiger partial charge in [0, 0.05) is 32.1 Å². The Bertz CT molecular complexity index is 169. The first-order valence-electron chi connectivity index (χ1n) is 6.49. The fourth-order valence-corrected chi connectivity index (χ4v) is 1.37. The fraction of sp³-hybridized carbons (Fsp3) is 0.923. The molecule has 3 nitrogen and oxygen atoms in total. The molecule has 16 heavy (non-hydrogen) atoms. The first-order valence-corrected chi connectivity index (χ1v) is 6.49. The van der Waals surface area contributed by atoms with Crippen LogP contribution in [-0.2, 0) is 9.53 Å². The molecule has 1 N–H and O–H groups in total. The average molecular weight is 229 g/mol. The van der Waals surface area contributed by atoms with Gasteiger partial charge in [-0.25, -0.2) is 0 Å². The highest BCUT2D eigenvalue weighted by molar-refractivity contribution is 5.77. The molecule has 0 aromatic carbocycles. The van der Waals surface area contributed by atoms with E-state index in [0.717, 1.165) is 45.4 Å². The number of Topliss-reactive ketones (excluding diaryl/α,β-unsaturated/α-hetero) is 1. The Morgan fingerprint density at radius 3 is 2.50 bits per heavy atom. The number of rotatable bonds is 11. The van der Waals surface area contributed by atoms with Crippen LogP contribution in [0.25, 0.3) is 0 Å². The molecule has 0 radical (unpaired) electrons. The Balaban J connectivity index is 3.01. The molecule has 0 aliphatic rings. The van der Waals surface area contributed by atoms with Crippen LogP contribution in [0.2, 0.25) is 0 Å². The summed E-state index contributed by atoms with van der Waals surface area (Å²) in [5.74, 6) is 0.362. The summed E-state index contributed by atoms with van der Waals surface area (Å²) in [5, 5.41) is 3.35. The Morgan fingerprint density at radius 2 is 1.88 bits per heavy atom. The zero-order chi connectivity index (χ0) is 12.2. The Morgan fingerprint density at radius 1 is 1.19 bits per heavy atom. The van der Waals surface area contributed by atoms with Crippen LogP contribution in [0.1, 0.15) is 52.9 Å². The predicted molar refractivity (Wildman–Crippen MR) is 67.7 cm³/mol. The molecule has 0 atom stereocenters. The second kappa shape index (κ2) is 11.1. The van der Waals surface area contributed by atoms with Crippen molar-refractivity contribution in [3.05, 3.63) is 0 Å². The standard InChI is InChI=1S/C13H27NO2/c1-4-13(15)8-5-6-10-16-11-7-9-14-12(2)3/h12,14H,4-11H2,1-3H3. The van der Waals surface area contributed by atoms with Gasteiger partial charge >= 0.3 is 0 Å². The summed E-state index contributed by atoms with van der Waals surface area (Å²) < 4.78 is 5.48. The Hall–Kier alpha value is -0.410. The van der Waals surface area contributed by atoms with Crippen molar-refractivity contribution in [2.24, 2.45) is 0 Å². The second-order valence-corrected chi connectivity index (χ2v) is 4.42. The molecule has 0 aromatic rings. The Kier molecular flexibility index (Phi) is 10.8. The van der Waals surface area contributed by atoms with Crippen LogP contribution in [0, 0.1) is 0 Å². The van der Waals surface area contributed by atoms with Crippen LogP contribution in [0.15, 0.2) is 0 Å². The number of carbonyl (C=O) groups is 1. The fourth-order valence-electron chi connectivity index (χ4n) is 1.37. The number of carbonyl (C=O) groups excluding carboxylic acids is 1. The van der Waals surface area contributed by atoms with Crippen molar-refractivity contribution < 1.29 is 9.53 Å². The van der Waals surface area contributed by atoms with Gasteiger partial charge in [-0.15, -0.1) is 0 Å². The molecule has 0 saturated heterocycles. The molecule has 0 amide bonds. The van der Waals surface area contributed by atoms with Crippen LogP contribution in [-0.4, -0.2) is 31.6 Å². The van der Waals surface area contributed by atoms with Gasteiger partial charge in [0.05, 0.1) is 0 Å². The zero-order valence-electron chi connectivity index (χ0n) is 11.1. The molecular formula is C13H27NO2. The van der Waals surface area contributed by atoms with Crippen LogP contribution in [0.3, 0.4) is 0 Å². The number of ether oxygens (including phenoxy) is 1. The van der Waals surface area contributed by atoms with Gasteiger partial charge in [0.1, 0.15) is 5.78 Å². The summed E-state index contributed by atoms with van der Waals surface area (Å²) in [5.41, 5.74) is 0. The maximum atomic E-state index is 11.0. The summed E-state index contributed by atoms with van der Waals surface area (Å²) >= 11 is 0. The maximum Gasteiger partial charge on any atom is 0.132 e. The molecule has 0 aliphatic heterocycles. The first-order chi connectivity index (χ1) is 7.66. The number of unbranched alkanes of at least 4 members (excludes halogenated alkanes) is 1. The van der Waals surface area contributed by atoms with E-state index in [1.54, 1.807) is 0 Å². The van der Waals surface area contributed by atoms with Crippen molar-refractivity contribution in [2.45, 2.75) is 58.9 Å². The van der Waals surface area contributed by atoms with Crippen molar-refractivity contribution >= 4 is 5.78 Å². The third-order valence-corrected chi connectivity index (χ3v) is 2.41. The Labute approximate surface area is 99.9 Å². The van der Waals surface area contributed by atoms with Crippen LogP contribution < -0.4 is 5.32 Å². The van der Waals surface area contributed by atoms with Gasteiger partial charge in [0.15, 0.2) is 0 Å². The predicted octanol–water partition coefficient (Wildman–Crippen LogP) is 2.54. The lowest BCUT2D eigenvalue weighted by atomic mass is 10.1. The highest BCUT2D eigenvalue weighted by atomic mass is 16.5. The molecule has 0 aromatic heterocycles. The molecule has 0 heterocycles. The lowest BCUT2D eigenvalue weighted by molar-refractivity contribution is -0.118. The van der Waals surface area contributed by atoms with E-state index < -0.39 is 0 Å². The topological polar surface area (TPSA) is 38.3 Å². The monoisotopic (exact) mass is 229 g/mol. The first kappa shape index (κ1) is 15.6. The van der Waals surface area contributed by atoms with Crippen molar-refractivity contribution in [1.29, 1.82) is 0 Å². The summed E-state index contributed by atoms with van der Waals surface area (Å²) in [6.07, 6.45) is 4.42. The smallest absolute Gasteiger partial charge is 0.132 e. The van der Waals surface area contributed by atoms with Crippen LogP contribution in [0.4, 0.5) is 0 Å². The number of hydrogen-bond donors (Lipinski definition) is 1. The van der Waals surface area contributed by atoms with Crippen molar-refractivity contribution in [1.82, 2.24) is 5.32 Å². The van der Waals surface area contributed by atoms with E-state index in [4.69, 9.17) is 4.74 Å². The quantitative estimate of drug-likeness (QED) is 0.553. The summed E-state index contributed by atoms with van der Waals surface area (Å²) in [4.78, 5) is 11.0. The van der Waals surface area contributed by atoms with Crippen molar-refractivity contribution in [3.8, 4) is 0 Å². The molecule has 0 unspecified atom stereocenters. The van der Waals surface area contributed by atoms with E-state index in [9.17, 15) is 4.79 Å². The maximum absolute atomic E-state index is 11.0. The van der Waals surface area contributed by atoms with Gasteiger partial charge in [0.2, 0.25) is 0 Å². The molecule has 0 fully saturated rings. The lowest BCUT2D eigenvalue weighted by Crippen LogP contribution is -2.24. The number of ketones is 1. The van der Waals surface area contributed by atoms with E-state index in [2.05, 4.69) is 19.2 Å². The highest BCUT2D eigenvalue weighted by Crippen LogP contribution is 1.99. The minimum Gasteiger partial charge on any atom is -0.381 e. The summed E-state index contributed by atoms with van der Waals surface area (Å²) in [6, 6.07) is 0.556. The summed E-state index contributed by atoms with van der Waals surface area (Å²) in [6.45, 7) is 8.84. The van der Waals surface area contributed by atoms with Gasteiger partial charge in [-0.2, -0.15) is 0 Å². The highest BCUT2D eigenvalue weighted by Gasteiger charge is 1.97. The van der Waals surface area contributed by atoms with Gasteiger partial charge in [-0.05, 0) is 25.8 Å². The van der Waals surface area contributed by atoms with Crippen molar-refractivity contribution in [2.75, 3.05) is 19.8 Å².